The molecule has 0 radical (unpaired) electrons. The van der Waals surface area contributed by atoms with Crippen molar-refractivity contribution in [3.8, 4) is 0 Å². The largest absolute Gasteiger partial charge is 0.328 e. The number of halogens is 2. The van der Waals surface area contributed by atoms with Gasteiger partial charge in [-0.25, -0.2) is 8.78 Å². The van der Waals surface area contributed by atoms with Crippen LogP contribution in [0.25, 0.3) is 0 Å². The molecule has 0 aliphatic heterocycles. The van der Waals surface area contributed by atoms with Crippen molar-refractivity contribution in [2.75, 3.05) is 0 Å². The molecule has 0 aromatic heterocycles. The third-order valence-electron chi connectivity index (χ3n) is 4.58. The maximum absolute atomic E-state index is 13.7. The molecule has 0 heterocycles. The fraction of sp³-hybridized carbons (Fsp3) is 1.00. The number of rotatable bonds is 1. The Morgan fingerprint density at radius 1 is 1.00 bits per heavy atom. The number of hydrogen-bond acceptors (Lipinski definition) is 1. The van der Waals surface area contributed by atoms with Crippen LogP contribution in [-0.4, -0.2) is 12.0 Å². The van der Waals surface area contributed by atoms with Gasteiger partial charge in [0.1, 0.15) is 0 Å². The maximum Gasteiger partial charge on any atom is 0.257 e. The molecule has 1 atom stereocenters. The first-order chi connectivity index (χ1) is 6.58. The monoisotopic (exact) mass is 201 g/mol. The van der Waals surface area contributed by atoms with Gasteiger partial charge in [0.2, 0.25) is 0 Å². The molecule has 0 aromatic rings. The minimum absolute atomic E-state index is 0.178. The summed E-state index contributed by atoms with van der Waals surface area (Å²) in [5, 5.41) is 0. The van der Waals surface area contributed by atoms with E-state index >= 15 is 0 Å². The van der Waals surface area contributed by atoms with Gasteiger partial charge in [-0.05, 0) is 44.4 Å². The predicted molar refractivity (Wildman–Crippen MR) is 50.0 cm³/mol. The lowest BCUT2D eigenvalue weighted by Gasteiger charge is -2.26. The van der Waals surface area contributed by atoms with E-state index in [-0.39, 0.29) is 12.0 Å². The lowest BCUT2D eigenvalue weighted by molar-refractivity contribution is 0.0409. The van der Waals surface area contributed by atoms with Gasteiger partial charge >= 0.3 is 0 Å². The van der Waals surface area contributed by atoms with E-state index < -0.39 is 11.3 Å². The van der Waals surface area contributed by atoms with Crippen LogP contribution < -0.4 is 5.73 Å². The average molecular weight is 201 g/mol. The molecule has 3 aliphatic carbocycles. The van der Waals surface area contributed by atoms with Crippen LogP contribution in [0.3, 0.4) is 0 Å². The highest BCUT2D eigenvalue weighted by Gasteiger charge is 2.82. The summed E-state index contributed by atoms with van der Waals surface area (Å²) < 4.78 is 27.4. The highest BCUT2D eigenvalue weighted by atomic mass is 19.3. The molecule has 2 N–H and O–H groups in total. The summed E-state index contributed by atoms with van der Waals surface area (Å²) in [6.07, 6.45) is 5.02. The predicted octanol–water partition coefficient (Wildman–Crippen LogP) is 2.55. The van der Waals surface area contributed by atoms with E-state index in [1.165, 1.54) is 0 Å². The minimum Gasteiger partial charge on any atom is -0.328 e. The van der Waals surface area contributed by atoms with E-state index in [0.717, 1.165) is 25.7 Å². The van der Waals surface area contributed by atoms with Gasteiger partial charge in [-0.3, -0.25) is 0 Å². The normalized spacial score (nSPS) is 50.8. The third-order valence-corrected chi connectivity index (χ3v) is 4.58. The number of alkyl halides is 2. The average Bonchev–Trinajstić information content (AvgIpc) is 2.98. The first-order valence-corrected chi connectivity index (χ1v) is 5.71. The molecular formula is C11H17F2N. The first-order valence-electron chi connectivity index (χ1n) is 5.71. The molecule has 0 saturated heterocycles. The Balaban J connectivity index is 1.78. The molecule has 3 fully saturated rings. The van der Waals surface area contributed by atoms with Gasteiger partial charge in [-0.2, -0.15) is 0 Å². The van der Waals surface area contributed by atoms with E-state index in [1.807, 2.05) is 0 Å². The van der Waals surface area contributed by atoms with Crippen LogP contribution in [0, 0.1) is 17.3 Å². The van der Waals surface area contributed by atoms with Gasteiger partial charge < -0.3 is 5.73 Å². The van der Waals surface area contributed by atoms with Crippen molar-refractivity contribution in [2.45, 2.75) is 50.5 Å². The van der Waals surface area contributed by atoms with Gasteiger partial charge in [0.25, 0.3) is 5.92 Å². The SMILES string of the molecule is NC1CCC2(CC1)C(C1CC1)C2(F)F. The van der Waals surface area contributed by atoms with Crippen molar-refractivity contribution < 1.29 is 8.78 Å². The fourth-order valence-corrected chi connectivity index (χ4v) is 3.52. The van der Waals surface area contributed by atoms with E-state index in [2.05, 4.69) is 0 Å². The van der Waals surface area contributed by atoms with Crippen LogP contribution in [0.1, 0.15) is 38.5 Å². The highest BCUT2D eigenvalue weighted by Crippen LogP contribution is 2.77. The number of hydrogen-bond donors (Lipinski definition) is 1. The summed E-state index contributed by atoms with van der Waals surface area (Å²) in [7, 11) is 0. The van der Waals surface area contributed by atoms with Crippen molar-refractivity contribution in [2.24, 2.45) is 23.0 Å². The van der Waals surface area contributed by atoms with Crippen molar-refractivity contribution >= 4 is 0 Å². The molecule has 3 rings (SSSR count). The molecule has 0 bridgehead atoms. The van der Waals surface area contributed by atoms with Crippen LogP contribution in [0.4, 0.5) is 8.78 Å². The van der Waals surface area contributed by atoms with Crippen molar-refractivity contribution in [3.05, 3.63) is 0 Å². The van der Waals surface area contributed by atoms with Crippen LogP contribution in [0.15, 0.2) is 0 Å². The zero-order valence-electron chi connectivity index (χ0n) is 8.31. The smallest absolute Gasteiger partial charge is 0.257 e. The Morgan fingerprint density at radius 3 is 2.07 bits per heavy atom. The van der Waals surface area contributed by atoms with E-state index in [4.69, 9.17) is 5.73 Å². The van der Waals surface area contributed by atoms with Crippen molar-refractivity contribution in [1.29, 1.82) is 0 Å². The second kappa shape index (κ2) is 2.49. The van der Waals surface area contributed by atoms with Gasteiger partial charge in [0, 0.05) is 17.4 Å². The zero-order valence-corrected chi connectivity index (χ0v) is 8.31. The highest BCUT2D eigenvalue weighted by molar-refractivity contribution is 5.22. The first kappa shape index (κ1) is 9.08. The van der Waals surface area contributed by atoms with Crippen molar-refractivity contribution in [1.82, 2.24) is 0 Å². The summed E-state index contributed by atoms with van der Waals surface area (Å²) in [5.74, 6) is -2.28. The summed E-state index contributed by atoms with van der Waals surface area (Å²) in [6.45, 7) is 0. The third kappa shape index (κ3) is 0.967. The molecular weight excluding hydrogens is 184 g/mol. The quantitative estimate of drug-likeness (QED) is 0.693. The van der Waals surface area contributed by atoms with Gasteiger partial charge in [-0.1, -0.05) is 0 Å². The molecule has 3 heteroatoms. The van der Waals surface area contributed by atoms with Crippen LogP contribution >= 0.6 is 0 Å². The van der Waals surface area contributed by atoms with Crippen LogP contribution in [-0.2, 0) is 0 Å². The zero-order chi connectivity index (χ0) is 9.97. The molecule has 3 saturated carbocycles. The standard InChI is InChI=1S/C11H17F2N/c12-11(13)9(7-1-2-7)10(11)5-3-8(14)4-6-10/h7-9H,1-6,14H2. The Kier molecular flexibility index (Phi) is 1.61. The second-order valence-corrected chi connectivity index (χ2v) is 5.43. The maximum atomic E-state index is 13.7. The summed E-state index contributed by atoms with van der Waals surface area (Å²) >= 11 is 0. The molecule has 1 unspecified atom stereocenters. The Labute approximate surface area is 83.0 Å². The molecule has 1 nitrogen and oxygen atoms in total. The summed E-state index contributed by atoms with van der Waals surface area (Å²) in [5.41, 5.74) is 5.16. The Morgan fingerprint density at radius 2 is 1.57 bits per heavy atom. The lowest BCUT2D eigenvalue weighted by atomic mass is 9.81. The summed E-state index contributed by atoms with van der Waals surface area (Å²) in [4.78, 5) is 0. The lowest BCUT2D eigenvalue weighted by Crippen LogP contribution is -2.30. The second-order valence-electron chi connectivity index (χ2n) is 5.43. The Hall–Kier alpha value is -0.180. The van der Waals surface area contributed by atoms with Gasteiger partial charge in [0.05, 0.1) is 0 Å². The molecule has 80 valence electrons. The van der Waals surface area contributed by atoms with E-state index in [1.54, 1.807) is 0 Å². The molecule has 0 aromatic carbocycles. The minimum atomic E-state index is -2.35. The summed E-state index contributed by atoms with van der Waals surface area (Å²) in [6, 6.07) is 0.178. The van der Waals surface area contributed by atoms with Gasteiger partial charge in [-0.15, -0.1) is 0 Å². The topological polar surface area (TPSA) is 26.0 Å². The molecule has 0 amide bonds. The van der Waals surface area contributed by atoms with E-state index in [0.29, 0.717) is 18.8 Å². The van der Waals surface area contributed by atoms with Crippen molar-refractivity contribution in [3.63, 3.8) is 0 Å². The molecule has 14 heavy (non-hydrogen) atoms. The molecule has 1 spiro atoms. The van der Waals surface area contributed by atoms with Crippen LogP contribution in [0.5, 0.6) is 0 Å². The van der Waals surface area contributed by atoms with Crippen LogP contribution in [0.2, 0.25) is 0 Å². The van der Waals surface area contributed by atoms with E-state index in [9.17, 15) is 8.78 Å². The number of nitrogens with two attached hydrogens (primary N) is 1. The molecule has 3 aliphatic rings. The fourth-order valence-electron chi connectivity index (χ4n) is 3.52. The Bertz CT molecular complexity index is 252. The van der Waals surface area contributed by atoms with Gasteiger partial charge in [0.15, 0.2) is 0 Å².